The fraction of sp³-hybridized carbons (Fsp3) is 0.444. The Labute approximate surface area is 168 Å². The van der Waals surface area contributed by atoms with Crippen molar-refractivity contribution in [2.75, 3.05) is 49.6 Å². The van der Waals surface area contributed by atoms with Gasteiger partial charge in [-0.1, -0.05) is 12.1 Å². The summed E-state index contributed by atoms with van der Waals surface area (Å²) >= 11 is 11.6. The van der Waals surface area contributed by atoms with E-state index in [2.05, 4.69) is 5.32 Å². The van der Waals surface area contributed by atoms with Crippen LogP contribution in [0.5, 0.6) is 0 Å². The number of hydrogen-bond acceptors (Lipinski definition) is 6. The SMILES string of the molecule is N#C/C(=C\c1ccc(N(CCCl)CCCl)cc1)C(=O)NC(CO)(CO)CO. The van der Waals surface area contributed by atoms with Crippen molar-refractivity contribution in [2.45, 2.75) is 5.54 Å². The number of anilines is 1. The zero-order valence-corrected chi connectivity index (χ0v) is 16.2. The second-order valence-corrected chi connectivity index (χ2v) is 6.59. The van der Waals surface area contributed by atoms with Crippen LogP contribution < -0.4 is 10.2 Å². The average molecular weight is 416 g/mol. The minimum Gasteiger partial charge on any atom is -0.394 e. The standard InChI is InChI=1S/C18H23Cl2N3O4/c19-5-7-23(8-6-20)16-3-1-14(2-4-16)9-15(10-21)17(27)22-18(11-24,12-25)13-26/h1-4,9,24-26H,5-8,11-13H2,(H,22,27)/b15-9+. The summed E-state index contributed by atoms with van der Waals surface area (Å²) in [6, 6.07) is 8.93. The largest absolute Gasteiger partial charge is 0.394 e. The molecule has 1 amide bonds. The smallest absolute Gasteiger partial charge is 0.262 e. The van der Waals surface area contributed by atoms with E-state index in [0.717, 1.165) is 5.69 Å². The van der Waals surface area contributed by atoms with Crippen LogP contribution in [0.15, 0.2) is 29.8 Å². The first-order chi connectivity index (χ1) is 13.0. The highest BCUT2D eigenvalue weighted by Crippen LogP contribution is 2.17. The van der Waals surface area contributed by atoms with Gasteiger partial charge in [0.2, 0.25) is 0 Å². The maximum Gasteiger partial charge on any atom is 0.262 e. The average Bonchev–Trinajstić information content (AvgIpc) is 2.70. The number of aliphatic hydroxyl groups is 3. The van der Waals surface area contributed by atoms with Crippen molar-refractivity contribution < 1.29 is 20.1 Å². The highest BCUT2D eigenvalue weighted by Gasteiger charge is 2.31. The van der Waals surface area contributed by atoms with Gasteiger partial charge >= 0.3 is 0 Å². The van der Waals surface area contributed by atoms with E-state index in [1.807, 2.05) is 17.0 Å². The molecule has 0 aliphatic carbocycles. The first kappa shape index (κ1) is 23.2. The Kier molecular flexibility index (Phi) is 10.1. The Balaban J connectivity index is 2.99. The third-order valence-electron chi connectivity index (χ3n) is 3.93. The molecule has 0 aromatic heterocycles. The van der Waals surface area contributed by atoms with Gasteiger partial charge in [0.05, 0.1) is 19.8 Å². The summed E-state index contributed by atoms with van der Waals surface area (Å²) in [7, 11) is 0. The van der Waals surface area contributed by atoms with E-state index in [4.69, 9.17) is 23.2 Å². The van der Waals surface area contributed by atoms with Crippen molar-refractivity contribution in [3.8, 4) is 6.07 Å². The van der Waals surface area contributed by atoms with Gasteiger partial charge in [-0.25, -0.2) is 0 Å². The zero-order valence-electron chi connectivity index (χ0n) is 14.7. The number of carbonyl (C=O) groups is 1. The van der Waals surface area contributed by atoms with Crippen LogP contribution in [0.4, 0.5) is 5.69 Å². The van der Waals surface area contributed by atoms with E-state index in [1.54, 1.807) is 18.2 Å². The van der Waals surface area contributed by atoms with E-state index in [0.29, 0.717) is 30.4 Å². The molecule has 0 aliphatic heterocycles. The molecule has 1 rings (SSSR count). The molecule has 0 unspecified atom stereocenters. The molecule has 7 nitrogen and oxygen atoms in total. The minimum absolute atomic E-state index is 0.221. The van der Waals surface area contributed by atoms with Crippen molar-refractivity contribution in [3.05, 3.63) is 35.4 Å². The third-order valence-corrected chi connectivity index (χ3v) is 4.27. The van der Waals surface area contributed by atoms with Crippen LogP contribution in [0.25, 0.3) is 6.08 Å². The van der Waals surface area contributed by atoms with Crippen molar-refractivity contribution >= 4 is 40.9 Å². The first-order valence-corrected chi connectivity index (χ1v) is 9.30. The number of hydrogen-bond donors (Lipinski definition) is 4. The lowest BCUT2D eigenvalue weighted by Gasteiger charge is -2.28. The predicted molar refractivity (Wildman–Crippen MR) is 106 cm³/mol. The van der Waals surface area contributed by atoms with Crippen molar-refractivity contribution in [1.82, 2.24) is 5.32 Å². The Morgan fingerprint density at radius 3 is 2.04 bits per heavy atom. The number of alkyl halides is 2. The first-order valence-electron chi connectivity index (χ1n) is 8.23. The summed E-state index contributed by atoms with van der Waals surface area (Å²) in [5.41, 5.74) is -0.289. The highest BCUT2D eigenvalue weighted by atomic mass is 35.5. The monoisotopic (exact) mass is 415 g/mol. The number of nitrogens with one attached hydrogen (secondary N) is 1. The Morgan fingerprint density at radius 2 is 1.63 bits per heavy atom. The molecular formula is C18H23Cl2N3O4. The molecule has 1 aromatic rings. The number of halogens is 2. The summed E-state index contributed by atoms with van der Waals surface area (Å²) < 4.78 is 0. The molecule has 0 bridgehead atoms. The van der Waals surface area contributed by atoms with Gasteiger partial charge in [-0.15, -0.1) is 23.2 Å². The van der Waals surface area contributed by atoms with E-state index >= 15 is 0 Å². The van der Waals surface area contributed by atoms with Gasteiger partial charge in [-0.05, 0) is 23.8 Å². The van der Waals surface area contributed by atoms with E-state index in [-0.39, 0.29) is 5.57 Å². The number of nitrogens with zero attached hydrogens (tertiary/aromatic N) is 2. The zero-order chi connectivity index (χ0) is 20.3. The van der Waals surface area contributed by atoms with Gasteiger partial charge in [-0.3, -0.25) is 4.79 Å². The number of aliphatic hydroxyl groups excluding tert-OH is 3. The molecule has 0 aliphatic rings. The molecule has 0 saturated heterocycles. The number of benzene rings is 1. The van der Waals surface area contributed by atoms with Crippen LogP contribution in [0.1, 0.15) is 5.56 Å². The normalized spacial score (nSPS) is 11.8. The van der Waals surface area contributed by atoms with Gasteiger partial charge < -0.3 is 25.5 Å². The molecule has 0 radical (unpaired) electrons. The lowest BCUT2D eigenvalue weighted by Crippen LogP contribution is -2.57. The van der Waals surface area contributed by atoms with Crippen LogP contribution in [-0.2, 0) is 4.79 Å². The van der Waals surface area contributed by atoms with Gasteiger partial charge in [-0.2, -0.15) is 5.26 Å². The van der Waals surface area contributed by atoms with Gasteiger partial charge in [0.1, 0.15) is 17.2 Å². The van der Waals surface area contributed by atoms with Crippen LogP contribution in [0.3, 0.4) is 0 Å². The van der Waals surface area contributed by atoms with Crippen molar-refractivity contribution in [1.29, 1.82) is 5.26 Å². The molecule has 0 fully saturated rings. The van der Waals surface area contributed by atoms with E-state index < -0.39 is 31.3 Å². The van der Waals surface area contributed by atoms with Crippen LogP contribution >= 0.6 is 23.2 Å². The van der Waals surface area contributed by atoms with E-state index in [1.165, 1.54) is 6.08 Å². The van der Waals surface area contributed by atoms with Gasteiger partial charge in [0.15, 0.2) is 0 Å². The summed E-state index contributed by atoms with van der Waals surface area (Å²) in [4.78, 5) is 14.3. The van der Waals surface area contributed by atoms with E-state index in [9.17, 15) is 25.4 Å². The minimum atomic E-state index is -1.60. The second kappa shape index (κ2) is 11.8. The molecule has 1 aromatic carbocycles. The lowest BCUT2D eigenvalue weighted by molar-refractivity contribution is -0.121. The maximum absolute atomic E-state index is 12.2. The summed E-state index contributed by atoms with van der Waals surface area (Å²) in [5, 5.41) is 39.4. The predicted octanol–water partition coefficient (Wildman–Crippen LogP) is 0.709. The summed E-state index contributed by atoms with van der Waals surface area (Å²) in [6.45, 7) is -0.732. The molecule has 0 spiro atoms. The van der Waals surface area contributed by atoms with Crippen molar-refractivity contribution in [2.24, 2.45) is 0 Å². The molecular weight excluding hydrogens is 393 g/mol. The molecule has 0 saturated carbocycles. The number of rotatable bonds is 11. The fourth-order valence-corrected chi connectivity index (χ4v) is 2.66. The number of amides is 1. The molecule has 148 valence electrons. The molecule has 27 heavy (non-hydrogen) atoms. The topological polar surface area (TPSA) is 117 Å². The summed E-state index contributed by atoms with van der Waals surface area (Å²) in [5.74, 6) is 0.115. The highest BCUT2D eigenvalue weighted by molar-refractivity contribution is 6.18. The maximum atomic E-state index is 12.2. The molecule has 4 N–H and O–H groups in total. The molecule has 0 atom stereocenters. The Bertz CT molecular complexity index is 656. The third kappa shape index (κ3) is 6.69. The van der Waals surface area contributed by atoms with Crippen molar-refractivity contribution in [3.63, 3.8) is 0 Å². The Hall–Kier alpha value is -1.82. The fourth-order valence-electron chi connectivity index (χ4n) is 2.25. The summed E-state index contributed by atoms with van der Waals surface area (Å²) in [6.07, 6.45) is 1.38. The van der Waals surface area contributed by atoms with Gasteiger partial charge in [0.25, 0.3) is 5.91 Å². The van der Waals surface area contributed by atoms with Crippen LogP contribution in [0.2, 0.25) is 0 Å². The lowest BCUT2D eigenvalue weighted by atomic mass is 10.0. The quantitative estimate of drug-likeness (QED) is 0.240. The van der Waals surface area contributed by atoms with Crippen LogP contribution in [-0.4, -0.2) is 71.4 Å². The van der Waals surface area contributed by atoms with Crippen LogP contribution in [0, 0.1) is 11.3 Å². The second-order valence-electron chi connectivity index (χ2n) is 5.84. The van der Waals surface area contributed by atoms with Gasteiger partial charge in [0, 0.05) is 30.5 Å². The number of nitriles is 1. The number of carbonyl (C=O) groups excluding carboxylic acids is 1. The Morgan fingerprint density at radius 1 is 1.11 bits per heavy atom. The molecule has 9 heteroatoms. The molecule has 0 heterocycles.